The number of nitrogens with one attached hydrogen (secondary N) is 1. The van der Waals surface area contributed by atoms with E-state index in [1.807, 2.05) is 18.2 Å². The summed E-state index contributed by atoms with van der Waals surface area (Å²) in [5.41, 5.74) is 0.736. The number of carbonyl (C=O) groups is 2. The topological polar surface area (TPSA) is 66.4 Å². The molecule has 1 rings (SSSR count). The van der Waals surface area contributed by atoms with E-state index in [4.69, 9.17) is 5.11 Å². The number of carboxylic acids is 1. The van der Waals surface area contributed by atoms with Gasteiger partial charge in [0.05, 0.1) is 5.75 Å². The van der Waals surface area contributed by atoms with Crippen LogP contribution < -0.4 is 5.32 Å². The monoisotopic (exact) mass is 309 g/mol. The summed E-state index contributed by atoms with van der Waals surface area (Å²) in [6, 6.07) is 9.21. The minimum Gasteiger partial charge on any atom is -0.480 e. The zero-order chi connectivity index (χ0) is 15.9. The van der Waals surface area contributed by atoms with Crippen molar-refractivity contribution in [3.63, 3.8) is 0 Å². The van der Waals surface area contributed by atoms with Gasteiger partial charge in [-0.3, -0.25) is 4.79 Å². The molecule has 0 aliphatic carbocycles. The second-order valence-electron chi connectivity index (χ2n) is 5.99. The van der Waals surface area contributed by atoms with Crippen molar-refractivity contribution in [1.82, 2.24) is 5.32 Å². The first-order valence-electron chi connectivity index (χ1n) is 6.94. The van der Waals surface area contributed by atoms with Crippen LogP contribution in [0.2, 0.25) is 0 Å². The molecule has 1 aromatic rings. The Morgan fingerprint density at radius 3 is 2.38 bits per heavy atom. The normalized spacial score (nSPS) is 12.7. The fraction of sp³-hybridized carbons (Fsp3) is 0.500. The number of hydrogen-bond donors (Lipinski definition) is 2. The molecule has 1 aromatic carbocycles. The van der Waals surface area contributed by atoms with Crippen LogP contribution in [0.1, 0.15) is 26.3 Å². The number of aliphatic carboxylic acids is 1. The van der Waals surface area contributed by atoms with Gasteiger partial charge in [0, 0.05) is 0 Å². The van der Waals surface area contributed by atoms with E-state index < -0.39 is 17.4 Å². The van der Waals surface area contributed by atoms with E-state index >= 15 is 0 Å². The predicted molar refractivity (Wildman–Crippen MR) is 86.5 cm³/mol. The number of carboxylic acid groups (broad SMARTS) is 1. The molecule has 0 radical (unpaired) electrons. The molecule has 0 spiro atoms. The van der Waals surface area contributed by atoms with Crippen molar-refractivity contribution in [2.24, 2.45) is 5.41 Å². The van der Waals surface area contributed by atoms with Crippen LogP contribution in [-0.2, 0) is 16.0 Å². The third-order valence-corrected chi connectivity index (χ3v) is 3.99. The zero-order valence-electron chi connectivity index (χ0n) is 12.8. The molecule has 21 heavy (non-hydrogen) atoms. The number of aryl methyl sites for hydroxylation is 1. The average molecular weight is 309 g/mol. The Bertz CT molecular complexity index is 468. The summed E-state index contributed by atoms with van der Waals surface area (Å²) >= 11 is 1.52. The molecule has 116 valence electrons. The van der Waals surface area contributed by atoms with E-state index in [2.05, 4.69) is 17.4 Å². The van der Waals surface area contributed by atoms with Crippen molar-refractivity contribution in [3.05, 3.63) is 35.9 Å². The van der Waals surface area contributed by atoms with E-state index in [9.17, 15) is 9.59 Å². The Morgan fingerprint density at radius 2 is 1.86 bits per heavy atom. The highest BCUT2D eigenvalue weighted by Gasteiger charge is 2.32. The summed E-state index contributed by atoms with van der Waals surface area (Å²) in [6.45, 7) is 5.40. The molecule has 1 amide bonds. The van der Waals surface area contributed by atoms with Crippen LogP contribution in [0, 0.1) is 5.41 Å². The van der Waals surface area contributed by atoms with Crippen LogP contribution >= 0.6 is 11.8 Å². The average Bonchev–Trinajstić information content (AvgIpc) is 2.40. The first-order chi connectivity index (χ1) is 9.80. The van der Waals surface area contributed by atoms with Gasteiger partial charge in [-0.05, 0) is 23.2 Å². The number of thioether (sulfide) groups is 1. The molecular weight excluding hydrogens is 286 g/mol. The number of hydrogen-bond acceptors (Lipinski definition) is 3. The largest absolute Gasteiger partial charge is 0.480 e. The Balaban J connectivity index is 2.32. The first-order valence-corrected chi connectivity index (χ1v) is 8.10. The quantitative estimate of drug-likeness (QED) is 0.760. The van der Waals surface area contributed by atoms with Gasteiger partial charge in [0.2, 0.25) is 5.91 Å². The number of benzene rings is 1. The summed E-state index contributed by atoms with van der Waals surface area (Å²) in [6.07, 6.45) is 0.903. The maximum atomic E-state index is 11.8. The molecule has 2 N–H and O–H groups in total. The van der Waals surface area contributed by atoms with Crippen LogP contribution in [-0.4, -0.2) is 34.5 Å². The number of amides is 1. The van der Waals surface area contributed by atoms with E-state index in [0.29, 0.717) is 0 Å². The van der Waals surface area contributed by atoms with Gasteiger partial charge in [0.25, 0.3) is 0 Å². The summed E-state index contributed by atoms with van der Waals surface area (Å²) in [4.78, 5) is 23.0. The van der Waals surface area contributed by atoms with Crippen molar-refractivity contribution in [2.45, 2.75) is 33.2 Å². The minimum atomic E-state index is -0.995. The van der Waals surface area contributed by atoms with Gasteiger partial charge in [-0.25, -0.2) is 4.79 Å². The molecule has 0 aromatic heterocycles. The second-order valence-corrected chi connectivity index (χ2v) is 7.10. The fourth-order valence-corrected chi connectivity index (χ4v) is 2.64. The number of carbonyl (C=O) groups excluding carboxylic acids is 1. The van der Waals surface area contributed by atoms with Crippen molar-refractivity contribution in [3.8, 4) is 0 Å². The molecule has 0 heterocycles. The van der Waals surface area contributed by atoms with Crippen LogP contribution in [0.25, 0.3) is 0 Å². The molecular formula is C16H23NO3S. The third kappa shape index (κ3) is 6.67. The lowest BCUT2D eigenvalue weighted by Crippen LogP contribution is -2.49. The molecule has 0 unspecified atom stereocenters. The van der Waals surface area contributed by atoms with E-state index in [1.54, 1.807) is 20.8 Å². The lowest BCUT2D eigenvalue weighted by molar-refractivity contribution is -0.144. The van der Waals surface area contributed by atoms with Crippen molar-refractivity contribution in [2.75, 3.05) is 11.5 Å². The van der Waals surface area contributed by atoms with Crippen LogP contribution in [0.4, 0.5) is 0 Å². The Kier molecular flexibility index (Phi) is 6.75. The maximum Gasteiger partial charge on any atom is 0.326 e. The molecule has 5 heteroatoms. The predicted octanol–water partition coefficient (Wildman–Crippen LogP) is 2.58. The lowest BCUT2D eigenvalue weighted by atomic mass is 9.87. The SMILES string of the molecule is CC(C)(C)[C@H](NC(=O)CSCCc1ccccc1)C(=O)O. The third-order valence-electron chi connectivity index (χ3n) is 3.03. The van der Waals surface area contributed by atoms with Crippen LogP contribution in [0.5, 0.6) is 0 Å². The first kappa shape index (κ1) is 17.6. The smallest absolute Gasteiger partial charge is 0.326 e. The maximum absolute atomic E-state index is 11.8. The van der Waals surface area contributed by atoms with Gasteiger partial charge < -0.3 is 10.4 Å². The second kappa shape index (κ2) is 8.08. The Hall–Kier alpha value is -1.49. The lowest BCUT2D eigenvalue weighted by Gasteiger charge is -2.27. The molecule has 0 fully saturated rings. The molecule has 0 saturated carbocycles. The standard InChI is InChI=1S/C16H23NO3S/c1-16(2,3)14(15(19)20)17-13(18)11-21-10-9-12-7-5-4-6-8-12/h4-8,14H,9-11H2,1-3H3,(H,17,18)(H,19,20)/t14-/m1/s1. The molecule has 0 aliphatic heterocycles. The summed E-state index contributed by atoms with van der Waals surface area (Å²) in [5, 5.41) is 11.8. The highest BCUT2D eigenvalue weighted by Crippen LogP contribution is 2.19. The Labute approximate surface area is 130 Å². The zero-order valence-corrected chi connectivity index (χ0v) is 13.6. The van der Waals surface area contributed by atoms with Gasteiger partial charge in [-0.2, -0.15) is 11.8 Å². The summed E-state index contributed by atoms with van der Waals surface area (Å²) in [5.74, 6) is -0.0993. The van der Waals surface area contributed by atoms with Gasteiger partial charge in [0.1, 0.15) is 6.04 Å². The van der Waals surface area contributed by atoms with Gasteiger partial charge >= 0.3 is 5.97 Å². The van der Waals surface area contributed by atoms with E-state index in [1.165, 1.54) is 17.3 Å². The van der Waals surface area contributed by atoms with Crippen LogP contribution in [0.3, 0.4) is 0 Å². The summed E-state index contributed by atoms with van der Waals surface area (Å²) < 4.78 is 0. The minimum absolute atomic E-state index is 0.226. The van der Waals surface area contributed by atoms with Gasteiger partial charge in [-0.1, -0.05) is 51.1 Å². The van der Waals surface area contributed by atoms with Crippen LogP contribution in [0.15, 0.2) is 30.3 Å². The Morgan fingerprint density at radius 1 is 1.24 bits per heavy atom. The van der Waals surface area contributed by atoms with E-state index in [-0.39, 0.29) is 11.7 Å². The van der Waals surface area contributed by atoms with Crippen molar-refractivity contribution >= 4 is 23.6 Å². The highest BCUT2D eigenvalue weighted by atomic mass is 32.2. The fourth-order valence-electron chi connectivity index (χ4n) is 1.85. The highest BCUT2D eigenvalue weighted by molar-refractivity contribution is 7.99. The van der Waals surface area contributed by atoms with E-state index in [0.717, 1.165) is 12.2 Å². The number of rotatable bonds is 7. The molecule has 0 aliphatic rings. The van der Waals surface area contributed by atoms with Crippen molar-refractivity contribution < 1.29 is 14.7 Å². The summed E-state index contributed by atoms with van der Waals surface area (Å²) in [7, 11) is 0. The molecule has 4 nitrogen and oxygen atoms in total. The van der Waals surface area contributed by atoms with Gasteiger partial charge in [-0.15, -0.1) is 0 Å². The molecule has 0 saturated heterocycles. The molecule has 1 atom stereocenters. The molecule has 0 bridgehead atoms. The van der Waals surface area contributed by atoms with Crippen molar-refractivity contribution in [1.29, 1.82) is 0 Å². The van der Waals surface area contributed by atoms with Gasteiger partial charge in [0.15, 0.2) is 0 Å².